The Morgan fingerprint density at radius 3 is 2.38 bits per heavy atom. The molecule has 4 rings (SSSR count). The maximum atomic E-state index is 14.2. The van der Waals surface area contributed by atoms with Crippen LogP contribution in [-0.4, -0.2) is 61.0 Å². The molecule has 1 amide bonds. The van der Waals surface area contributed by atoms with Crippen molar-refractivity contribution in [3.8, 4) is 0 Å². The first kappa shape index (κ1) is 29.0. The van der Waals surface area contributed by atoms with Crippen LogP contribution in [0.3, 0.4) is 0 Å². The van der Waals surface area contributed by atoms with Crippen molar-refractivity contribution in [2.24, 2.45) is 5.92 Å². The molecule has 3 heterocycles. The van der Waals surface area contributed by atoms with E-state index >= 15 is 0 Å². The molecule has 8 nitrogen and oxygen atoms in total. The quantitative estimate of drug-likeness (QED) is 0.360. The Bertz CT molecular complexity index is 1450. The Labute approximate surface area is 229 Å². The van der Waals surface area contributed by atoms with E-state index in [1.54, 1.807) is 25.4 Å². The number of benzene rings is 1. The summed E-state index contributed by atoms with van der Waals surface area (Å²) in [7, 11) is -0.607. The normalized spacial score (nSPS) is 17.5. The lowest BCUT2D eigenvalue weighted by atomic mass is 9.98. The summed E-state index contributed by atoms with van der Waals surface area (Å²) in [5, 5.41) is 3.45. The highest BCUT2D eigenvalue weighted by molar-refractivity contribution is 7.91. The third kappa shape index (κ3) is 6.44. The van der Waals surface area contributed by atoms with Crippen LogP contribution in [0.2, 0.25) is 5.15 Å². The molecular weight excluding hydrogens is 557 g/mol. The van der Waals surface area contributed by atoms with Gasteiger partial charge in [0.15, 0.2) is 6.04 Å². The van der Waals surface area contributed by atoms with E-state index in [-0.39, 0.29) is 35.1 Å². The van der Waals surface area contributed by atoms with Crippen molar-refractivity contribution in [2.45, 2.75) is 38.1 Å². The average Bonchev–Trinajstić information content (AvgIpc) is 2.88. The first-order valence-electron chi connectivity index (χ1n) is 12.2. The number of pyridine rings is 2. The van der Waals surface area contributed by atoms with Crippen LogP contribution in [0.4, 0.5) is 24.5 Å². The zero-order chi connectivity index (χ0) is 28.5. The van der Waals surface area contributed by atoms with Crippen LogP contribution in [-0.2, 0) is 19.4 Å². The van der Waals surface area contributed by atoms with E-state index in [9.17, 15) is 26.4 Å². The van der Waals surface area contributed by atoms with Gasteiger partial charge in [0, 0.05) is 31.3 Å². The number of carbonyl (C=O) groups excluding carboxylic acids is 1. The maximum absolute atomic E-state index is 14.2. The van der Waals surface area contributed by atoms with Crippen LogP contribution in [0.15, 0.2) is 42.6 Å². The first-order chi connectivity index (χ1) is 18.3. The van der Waals surface area contributed by atoms with Crippen molar-refractivity contribution in [3.63, 3.8) is 0 Å². The van der Waals surface area contributed by atoms with E-state index < -0.39 is 40.0 Å². The molecule has 1 saturated heterocycles. The summed E-state index contributed by atoms with van der Waals surface area (Å²) in [5.74, 6) is -1.90. The molecule has 1 aromatic carbocycles. The molecule has 13 heteroatoms. The van der Waals surface area contributed by atoms with E-state index in [0.717, 1.165) is 7.05 Å². The minimum absolute atomic E-state index is 0.0149. The molecule has 0 unspecified atom stereocenters. The number of methoxy groups -OCH3 is 1. The Morgan fingerprint density at radius 1 is 1.15 bits per heavy atom. The minimum atomic E-state index is -4.74. The zero-order valence-electron chi connectivity index (χ0n) is 21.5. The number of nitrogens with one attached hydrogen (secondary N) is 1. The summed E-state index contributed by atoms with van der Waals surface area (Å²) in [6.07, 6.45) is -3.52. The number of sulfone groups is 1. The van der Waals surface area contributed by atoms with E-state index in [1.807, 2.05) is 6.92 Å². The van der Waals surface area contributed by atoms with Gasteiger partial charge in [-0.15, -0.1) is 0 Å². The summed E-state index contributed by atoms with van der Waals surface area (Å²) < 4.78 is 71.4. The molecule has 0 bridgehead atoms. The summed E-state index contributed by atoms with van der Waals surface area (Å²) >= 11 is 6.10. The number of nitrogens with zero attached hydrogens (tertiary/aromatic N) is 3. The molecule has 1 aliphatic rings. The van der Waals surface area contributed by atoms with Crippen molar-refractivity contribution in [1.82, 2.24) is 14.9 Å². The topological polar surface area (TPSA) is 101 Å². The van der Waals surface area contributed by atoms with Crippen LogP contribution in [0.1, 0.15) is 43.0 Å². The van der Waals surface area contributed by atoms with Crippen LogP contribution in [0, 0.1) is 5.92 Å². The Morgan fingerprint density at radius 2 is 1.79 bits per heavy atom. The summed E-state index contributed by atoms with van der Waals surface area (Å²) in [6, 6.07) is 6.75. The number of fused-ring (bicyclic) bond motifs is 1. The van der Waals surface area contributed by atoms with E-state index in [2.05, 4.69) is 15.3 Å². The SMILES string of the molecule is CO[C@@H](C)c1c(Nc2ccc([C@H](N(C)C(=O)C3CCS(=O)(=O)CC3)C(F)(F)F)cc2)cnc2ccc(Cl)nc12. The highest BCUT2D eigenvalue weighted by atomic mass is 35.5. The van der Waals surface area contributed by atoms with E-state index in [1.165, 1.54) is 24.3 Å². The Balaban J connectivity index is 1.60. The second-order valence-corrected chi connectivity index (χ2v) is 12.2. The Kier molecular flexibility index (Phi) is 8.38. The molecule has 0 aliphatic carbocycles. The van der Waals surface area contributed by atoms with Gasteiger partial charge in [-0.3, -0.25) is 9.78 Å². The van der Waals surface area contributed by atoms with Crippen molar-refractivity contribution in [1.29, 1.82) is 0 Å². The molecule has 3 aromatic rings. The van der Waals surface area contributed by atoms with Gasteiger partial charge in [0.1, 0.15) is 15.0 Å². The molecule has 1 aliphatic heterocycles. The van der Waals surface area contributed by atoms with Crippen molar-refractivity contribution in [3.05, 3.63) is 58.9 Å². The molecule has 39 heavy (non-hydrogen) atoms. The number of carbonyl (C=O) groups is 1. The number of halogens is 4. The molecule has 2 atom stereocenters. The number of hydrogen-bond donors (Lipinski definition) is 1. The monoisotopic (exact) mass is 584 g/mol. The van der Waals surface area contributed by atoms with Gasteiger partial charge in [-0.1, -0.05) is 23.7 Å². The fourth-order valence-electron chi connectivity index (χ4n) is 4.78. The zero-order valence-corrected chi connectivity index (χ0v) is 23.1. The van der Waals surface area contributed by atoms with E-state index in [4.69, 9.17) is 16.3 Å². The molecule has 210 valence electrons. The molecule has 0 saturated carbocycles. The second-order valence-electron chi connectivity index (χ2n) is 9.53. The number of alkyl halides is 3. The minimum Gasteiger partial charge on any atom is -0.377 e. The summed E-state index contributed by atoms with van der Waals surface area (Å²) in [6.45, 7) is 1.83. The van der Waals surface area contributed by atoms with Gasteiger partial charge in [0.2, 0.25) is 5.91 Å². The smallest absolute Gasteiger partial charge is 0.377 e. The van der Waals surface area contributed by atoms with Gasteiger partial charge in [0.25, 0.3) is 0 Å². The highest BCUT2D eigenvalue weighted by Crippen LogP contribution is 2.39. The maximum Gasteiger partial charge on any atom is 0.413 e. The lowest BCUT2D eigenvalue weighted by Gasteiger charge is -2.34. The van der Waals surface area contributed by atoms with Gasteiger partial charge < -0.3 is 15.0 Å². The Hall–Kier alpha value is -2.96. The molecule has 0 spiro atoms. The van der Waals surface area contributed by atoms with Gasteiger partial charge in [-0.05, 0) is 49.6 Å². The van der Waals surface area contributed by atoms with Gasteiger partial charge in [-0.25, -0.2) is 13.4 Å². The van der Waals surface area contributed by atoms with Crippen LogP contribution in [0.5, 0.6) is 0 Å². The number of aromatic nitrogens is 2. The fourth-order valence-corrected chi connectivity index (χ4v) is 6.42. The molecule has 0 radical (unpaired) electrons. The predicted octanol–water partition coefficient (Wildman–Crippen LogP) is 5.62. The molecule has 2 aromatic heterocycles. The van der Waals surface area contributed by atoms with Crippen LogP contribution < -0.4 is 5.32 Å². The fraction of sp³-hybridized carbons (Fsp3) is 0.423. The number of ether oxygens (including phenoxy) is 1. The lowest BCUT2D eigenvalue weighted by molar-refractivity contribution is -0.190. The molecular formula is C26H28ClF3N4O4S. The van der Waals surface area contributed by atoms with Gasteiger partial charge in [0.05, 0.1) is 40.5 Å². The third-order valence-electron chi connectivity index (χ3n) is 6.93. The van der Waals surface area contributed by atoms with Crippen molar-refractivity contribution in [2.75, 3.05) is 31.0 Å². The summed E-state index contributed by atoms with van der Waals surface area (Å²) in [5.41, 5.74) is 2.73. The number of rotatable bonds is 7. The molecule has 1 fully saturated rings. The lowest BCUT2D eigenvalue weighted by Crippen LogP contribution is -2.44. The van der Waals surface area contributed by atoms with Crippen LogP contribution >= 0.6 is 11.6 Å². The second kappa shape index (κ2) is 11.3. The number of anilines is 2. The average molecular weight is 585 g/mol. The van der Waals surface area contributed by atoms with Gasteiger partial charge >= 0.3 is 6.18 Å². The third-order valence-corrected chi connectivity index (χ3v) is 8.86. The van der Waals surface area contributed by atoms with Gasteiger partial charge in [-0.2, -0.15) is 13.2 Å². The molecule has 1 N–H and O–H groups in total. The number of hydrogen-bond acceptors (Lipinski definition) is 7. The van der Waals surface area contributed by atoms with E-state index in [0.29, 0.717) is 32.9 Å². The summed E-state index contributed by atoms with van der Waals surface area (Å²) in [4.78, 5) is 22.4. The van der Waals surface area contributed by atoms with Crippen molar-refractivity contribution < 1.29 is 31.1 Å². The first-order valence-corrected chi connectivity index (χ1v) is 14.4. The number of amides is 1. The highest BCUT2D eigenvalue weighted by Gasteiger charge is 2.46. The standard InChI is InChI=1S/C26H28ClF3N4O4S/c1-15(38-3)22-20(14-31-19-8-9-21(27)33-23(19)22)32-18-6-4-16(5-7-18)24(26(28,29)30)34(2)25(35)17-10-12-39(36,37)13-11-17/h4-9,14-15,17,24,32H,10-13H2,1-3H3/t15-,24-/m0/s1. The van der Waals surface area contributed by atoms with Crippen molar-refractivity contribution >= 4 is 49.8 Å². The van der Waals surface area contributed by atoms with Crippen LogP contribution in [0.25, 0.3) is 11.0 Å². The predicted molar refractivity (Wildman–Crippen MR) is 143 cm³/mol. The largest absolute Gasteiger partial charge is 0.413 e.